The van der Waals surface area contributed by atoms with Crippen molar-refractivity contribution in [2.45, 2.75) is 118 Å². The lowest BCUT2D eigenvalue weighted by atomic mass is 9.39. The normalized spacial score (nSPS) is 45.2. The summed E-state index contributed by atoms with van der Waals surface area (Å²) in [5.74, 6) is 2.53. The summed E-state index contributed by atoms with van der Waals surface area (Å²) in [6, 6.07) is 0. The van der Waals surface area contributed by atoms with Gasteiger partial charge in [-0.25, -0.2) is 0 Å². The summed E-state index contributed by atoms with van der Waals surface area (Å²) in [4.78, 5) is 27.6. The third kappa shape index (κ3) is 3.95. The van der Waals surface area contributed by atoms with Gasteiger partial charge in [-0.15, -0.1) is 0 Å². The summed E-state index contributed by atoms with van der Waals surface area (Å²) in [5.41, 5.74) is -0.651. The smallest absolute Gasteiger partial charge is 0.312 e. The number of hydrogen-bond donors (Lipinski definition) is 0. The van der Waals surface area contributed by atoms with Crippen LogP contribution in [0.25, 0.3) is 0 Å². The second kappa shape index (κ2) is 9.01. The molecule has 0 bridgehead atoms. The molecular weight excluding hydrogens is 440 g/mol. The molecule has 4 rings (SSSR count). The molecule has 0 aromatic heterocycles. The van der Waals surface area contributed by atoms with E-state index in [4.69, 9.17) is 9.16 Å². The molecule has 34 heavy (non-hydrogen) atoms. The van der Waals surface area contributed by atoms with Crippen LogP contribution < -0.4 is 0 Å². The van der Waals surface area contributed by atoms with Gasteiger partial charge in [0.05, 0.1) is 12.5 Å². The Labute approximate surface area is 209 Å². The van der Waals surface area contributed by atoms with Gasteiger partial charge in [-0.3, -0.25) is 9.59 Å². The molecule has 0 aromatic carbocycles. The number of Topliss-reactive ketones (excluding diaryl/α,β-unsaturated/α-hetero) is 1. The van der Waals surface area contributed by atoms with Gasteiger partial charge in [-0.05, 0) is 99.1 Å². The first-order chi connectivity index (χ1) is 15.8. The van der Waals surface area contributed by atoms with Crippen LogP contribution in [-0.2, 0) is 18.8 Å². The van der Waals surface area contributed by atoms with Crippen LogP contribution in [0.15, 0.2) is 0 Å². The number of carbonyl (C=O) groups is 2. The second-order valence-electron chi connectivity index (χ2n) is 14.0. The zero-order chi connectivity index (χ0) is 25.1. The number of ether oxygens (including phenoxy) is 1. The van der Waals surface area contributed by atoms with Crippen LogP contribution in [0.3, 0.4) is 0 Å². The maximum Gasteiger partial charge on any atom is 0.312 e. The van der Waals surface area contributed by atoms with E-state index in [0.29, 0.717) is 30.5 Å². The lowest BCUT2D eigenvalue weighted by Gasteiger charge is -2.64. The first kappa shape index (κ1) is 26.4. The molecule has 1 unspecified atom stereocenters. The van der Waals surface area contributed by atoms with E-state index >= 15 is 0 Å². The number of carbonyl (C=O) groups excluding carboxylic acids is 2. The lowest BCUT2D eigenvalue weighted by Crippen LogP contribution is -2.65. The van der Waals surface area contributed by atoms with Gasteiger partial charge in [-0.2, -0.15) is 0 Å². The number of esters is 1. The highest BCUT2D eigenvalue weighted by molar-refractivity contribution is 6.69. The van der Waals surface area contributed by atoms with E-state index in [2.05, 4.69) is 47.3 Å². The lowest BCUT2D eigenvalue weighted by molar-refractivity contribution is -0.203. The van der Waals surface area contributed by atoms with Gasteiger partial charge in [0.1, 0.15) is 5.78 Å². The van der Waals surface area contributed by atoms with Crippen LogP contribution in [0.2, 0.25) is 19.6 Å². The Morgan fingerprint density at radius 3 is 2.41 bits per heavy atom. The maximum absolute atomic E-state index is 14.1. The number of fused-ring (bicyclic) bond motifs is 5. The van der Waals surface area contributed by atoms with Crippen LogP contribution in [0, 0.1) is 45.8 Å². The minimum Gasteiger partial charge on any atom is -0.469 e. The zero-order valence-electron chi connectivity index (χ0n) is 23.2. The average Bonchev–Trinajstić information content (AvgIpc) is 3.10. The number of methoxy groups -OCH3 is 1. The fourth-order valence-corrected chi connectivity index (χ4v) is 11.0. The minimum absolute atomic E-state index is 0.0582. The molecule has 0 radical (unpaired) electrons. The fourth-order valence-electron chi connectivity index (χ4n) is 9.77. The SMILES string of the molecule is CCC[C@@H](C)[C@H]1CC[C@H]2[C@@H]3C(=O)CC4(C(=O)OC)C[C@H](O[Si](C)(C)C)CC[C@]4(C)[C@H]3CC[C@]12C. The Hall–Kier alpha value is -0.683. The molecule has 0 amide bonds. The van der Waals surface area contributed by atoms with Gasteiger partial charge >= 0.3 is 5.97 Å². The van der Waals surface area contributed by atoms with E-state index in [1.165, 1.54) is 39.2 Å². The summed E-state index contributed by atoms with van der Waals surface area (Å²) in [5, 5.41) is 0. The highest BCUT2D eigenvalue weighted by Crippen LogP contribution is 2.71. The third-order valence-corrected chi connectivity index (χ3v) is 12.2. The summed E-state index contributed by atoms with van der Waals surface area (Å²) >= 11 is 0. The number of rotatable bonds is 6. The Morgan fingerprint density at radius 2 is 1.79 bits per heavy atom. The molecule has 9 atom stereocenters. The molecule has 0 N–H and O–H groups in total. The maximum atomic E-state index is 14.1. The van der Waals surface area contributed by atoms with E-state index in [0.717, 1.165) is 31.1 Å². The highest BCUT2D eigenvalue weighted by Gasteiger charge is 2.70. The van der Waals surface area contributed by atoms with E-state index < -0.39 is 13.7 Å². The summed E-state index contributed by atoms with van der Waals surface area (Å²) in [6.07, 6.45) is 10.3. The third-order valence-electron chi connectivity index (χ3n) is 11.2. The Balaban J connectivity index is 1.68. The van der Waals surface area contributed by atoms with Gasteiger partial charge in [-0.1, -0.05) is 40.5 Å². The number of hydrogen-bond acceptors (Lipinski definition) is 4. The Morgan fingerprint density at radius 1 is 1.09 bits per heavy atom. The van der Waals surface area contributed by atoms with Crippen molar-refractivity contribution < 1.29 is 18.8 Å². The molecule has 4 fully saturated rings. The first-order valence-corrected chi connectivity index (χ1v) is 17.5. The molecule has 0 heterocycles. The van der Waals surface area contributed by atoms with Crippen molar-refractivity contribution >= 4 is 20.1 Å². The fraction of sp³-hybridized carbons (Fsp3) is 0.931. The molecule has 4 nitrogen and oxygen atoms in total. The summed E-state index contributed by atoms with van der Waals surface area (Å²) in [7, 11) is -0.239. The topological polar surface area (TPSA) is 52.6 Å². The standard InChI is InChI=1S/C29H50O4Si/c1-9-10-19(2)21-11-12-22-25-23(14-15-27(21,22)3)28(4)16-13-20(33-34(6,7)8)17-29(28,18-24(25)30)26(31)32-5/h19-23,25H,9-18H2,1-8H3/t19-,20-,21-,22+,23+,25+,27-,28-,29?/m1/s1. The second-order valence-corrected chi connectivity index (χ2v) is 18.4. The molecule has 0 spiro atoms. The highest BCUT2D eigenvalue weighted by atomic mass is 28.4. The van der Waals surface area contributed by atoms with E-state index in [9.17, 15) is 9.59 Å². The van der Waals surface area contributed by atoms with E-state index in [1.54, 1.807) is 0 Å². The molecule has 5 heteroatoms. The molecule has 4 aliphatic rings. The molecule has 4 aliphatic carbocycles. The summed E-state index contributed by atoms with van der Waals surface area (Å²) in [6.45, 7) is 16.2. The van der Waals surface area contributed by atoms with Crippen LogP contribution in [-0.4, -0.2) is 33.3 Å². The van der Waals surface area contributed by atoms with Gasteiger partial charge in [0, 0.05) is 18.4 Å². The van der Waals surface area contributed by atoms with Crippen molar-refractivity contribution in [3.05, 3.63) is 0 Å². The molecule has 194 valence electrons. The Bertz CT molecular complexity index is 804. The van der Waals surface area contributed by atoms with Gasteiger partial charge in [0.2, 0.25) is 0 Å². The van der Waals surface area contributed by atoms with Crippen molar-refractivity contribution in [2.24, 2.45) is 45.8 Å². The van der Waals surface area contributed by atoms with Crippen LogP contribution >= 0.6 is 0 Å². The predicted octanol–water partition coefficient (Wildman–Crippen LogP) is 7.02. The van der Waals surface area contributed by atoms with Gasteiger partial charge in [0.15, 0.2) is 8.32 Å². The van der Waals surface area contributed by atoms with Crippen molar-refractivity contribution in [3.63, 3.8) is 0 Å². The van der Waals surface area contributed by atoms with Gasteiger partial charge < -0.3 is 9.16 Å². The van der Waals surface area contributed by atoms with Crippen molar-refractivity contribution in [2.75, 3.05) is 7.11 Å². The minimum atomic E-state index is -1.75. The molecule has 0 aromatic rings. The summed E-state index contributed by atoms with van der Waals surface area (Å²) < 4.78 is 12.0. The predicted molar refractivity (Wildman–Crippen MR) is 139 cm³/mol. The molecule has 0 aliphatic heterocycles. The monoisotopic (exact) mass is 490 g/mol. The Kier molecular flexibility index (Phi) is 6.99. The van der Waals surface area contributed by atoms with Gasteiger partial charge in [0.25, 0.3) is 0 Å². The van der Waals surface area contributed by atoms with Crippen LogP contribution in [0.4, 0.5) is 0 Å². The largest absolute Gasteiger partial charge is 0.469 e. The average molecular weight is 491 g/mol. The quantitative estimate of drug-likeness (QED) is 0.296. The molecule has 4 saturated carbocycles. The van der Waals surface area contributed by atoms with Crippen molar-refractivity contribution in [1.29, 1.82) is 0 Å². The van der Waals surface area contributed by atoms with Crippen LogP contribution in [0.1, 0.15) is 91.9 Å². The molecular formula is C29H50O4Si. The zero-order valence-corrected chi connectivity index (χ0v) is 24.2. The van der Waals surface area contributed by atoms with Crippen molar-refractivity contribution in [1.82, 2.24) is 0 Å². The van der Waals surface area contributed by atoms with Crippen LogP contribution in [0.5, 0.6) is 0 Å². The first-order valence-electron chi connectivity index (χ1n) is 14.1. The van der Waals surface area contributed by atoms with E-state index in [-0.39, 0.29) is 28.8 Å². The van der Waals surface area contributed by atoms with E-state index in [1.807, 2.05) is 0 Å². The van der Waals surface area contributed by atoms with Crippen molar-refractivity contribution in [3.8, 4) is 0 Å². The molecule has 0 saturated heterocycles. The number of ketones is 1.